The molecule has 0 spiro atoms. The molecule has 0 saturated carbocycles. The lowest BCUT2D eigenvalue weighted by Gasteiger charge is -2.25. The van der Waals surface area contributed by atoms with Gasteiger partial charge in [0.15, 0.2) is 18.4 Å². The summed E-state index contributed by atoms with van der Waals surface area (Å²) < 4.78 is 23.9. The van der Waals surface area contributed by atoms with Gasteiger partial charge >= 0.3 is 17.6 Å². The number of esters is 2. The molecule has 1 aromatic heterocycles. The van der Waals surface area contributed by atoms with E-state index < -0.39 is 47.7 Å². The Balaban J connectivity index is 2.03. The topological polar surface area (TPSA) is 126 Å². The molecule has 4 atom stereocenters. The summed E-state index contributed by atoms with van der Waals surface area (Å²) in [5.74, 6) is -0.648. The Kier molecular flexibility index (Phi) is 7.14. The molecule has 2 aromatic rings. The lowest BCUT2D eigenvalue weighted by molar-refractivity contribution is -0.155. The molecule has 3 rings (SSSR count). The number of carbonyl (C=O) groups excluding carboxylic acids is 2. The Bertz CT molecular complexity index is 1090. The van der Waals surface area contributed by atoms with Crippen LogP contribution in [0.15, 0.2) is 40.1 Å². The van der Waals surface area contributed by atoms with Crippen molar-refractivity contribution in [1.29, 1.82) is 0 Å². The summed E-state index contributed by atoms with van der Waals surface area (Å²) in [6, 6.07) is 7.20. The Morgan fingerprint density at radius 3 is 2.38 bits per heavy atom. The summed E-state index contributed by atoms with van der Waals surface area (Å²) in [7, 11) is 0. The van der Waals surface area contributed by atoms with Gasteiger partial charge in [-0.2, -0.15) is 0 Å². The van der Waals surface area contributed by atoms with Crippen LogP contribution in [0, 0.1) is 6.92 Å². The molecule has 10 heteroatoms. The molecule has 10 nitrogen and oxygen atoms in total. The first-order valence-corrected chi connectivity index (χ1v) is 10.2. The highest BCUT2D eigenvalue weighted by atomic mass is 16.6. The second-order valence-electron chi connectivity index (χ2n) is 7.51. The number of H-pyrrole nitrogens is 1. The first kappa shape index (κ1) is 23.3. The molecule has 1 N–H and O–H groups in total. The van der Waals surface area contributed by atoms with E-state index in [1.165, 1.54) is 20.0 Å². The minimum absolute atomic E-state index is 0.182. The fourth-order valence-corrected chi connectivity index (χ4v) is 3.47. The fraction of sp³-hybridized carbons (Fsp3) is 0.455. The first-order valence-electron chi connectivity index (χ1n) is 10.2. The van der Waals surface area contributed by atoms with Crippen LogP contribution in [0.1, 0.15) is 38.1 Å². The highest BCUT2D eigenvalue weighted by molar-refractivity contribution is 5.66. The summed E-state index contributed by atoms with van der Waals surface area (Å²) in [6.45, 7) is 6.00. The van der Waals surface area contributed by atoms with Crippen LogP contribution >= 0.6 is 0 Å². The van der Waals surface area contributed by atoms with E-state index in [0.29, 0.717) is 17.7 Å². The van der Waals surface area contributed by atoms with Crippen LogP contribution < -0.4 is 16.0 Å². The van der Waals surface area contributed by atoms with Gasteiger partial charge in [-0.25, -0.2) is 4.79 Å². The molecule has 0 aliphatic carbocycles. The Morgan fingerprint density at radius 2 is 1.78 bits per heavy atom. The predicted molar refractivity (Wildman–Crippen MR) is 112 cm³/mol. The van der Waals surface area contributed by atoms with Gasteiger partial charge in [0.1, 0.15) is 18.5 Å². The van der Waals surface area contributed by atoms with Gasteiger partial charge in [0.05, 0.1) is 0 Å². The van der Waals surface area contributed by atoms with E-state index in [4.69, 9.17) is 18.9 Å². The van der Waals surface area contributed by atoms with Crippen molar-refractivity contribution < 1.29 is 28.5 Å². The number of hydrogen-bond donors (Lipinski definition) is 1. The monoisotopic (exact) mass is 446 g/mol. The minimum atomic E-state index is -1.11. The van der Waals surface area contributed by atoms with Gasteiger partial charge in [-0.15, -0.1) is 0 Å². The lowest BCUT2D eigenvalue weighted by Crippen LogP contribution is -2.43. The van der Waals surface area contributed by atoms with E-state index in [0.717, 1.165) is 10.1 Å². The van der Waals surface area contributed by atoms with Gasteiger partial charge in [0, 0.05) is 25.6 Å². The third-order valence-electron chi connectivity index (χ3n) is 5.03. The second kappa shape index (κ2) is 9.82. The van der Waals surface area contributed by atoms with Gasteiger partial charge in [-0.05, 0) is 25.5 Å². The number of ether oxygens (including phenoxy) is 4. The predicted octanol–water partition coefficient (Wildman–Crippen LogP) is 1.25. The Hall–Kier alpha value is -3.40. The number of nitrogens with zero attached hydrogens (tertiary/aromatic N) is 1. The van der Waals surface area contributed by atoms with Crippen LogP contribution in [0.4, 0.5) is 0 Å². The van der Waals surface area contributed by atoms with Gasteiger partial charge in [0.2, 0.25) is 0 Å². The number of hydrogen-bond acceptors (Lipinski definition) is 8. The summed E-state index contributed by atoms with van der Waals surface area (Å²) in [5, 5.41) is 0. The zero-order valence-electron chi connectivity index (χ0n) is 18.3. The summed E-state index contributed by atoms with van der Waals surface area (Å²) in [4.78, 5) is 50.1. The fourth-order valence-electron chi connectivity index (χ4n) is 3.47. The highest BCUT2D eigenvalue weighted by Gasteiger charge is 2.50. The van der Waals surface area contributed by atoms with Crippen LogP contribution in [0.5, 0.6) is 5.75 Å². The van der Waals surface area contributed by atoms with Crippen molar-refractivity contribution >= 4 is 11.9 Å². The van der Waals surface area contributed by atoms with Crippen LogP contribution in [0.3, 0.4) is 0 Å². The zero-order valence-corrected chi connectivity index (χ0v) is 18.3. The zero-order chi connectivity index (χ0) is 23.4. The average Bonchev–Trinajstić information content (AvgIpc) is 3.04. The van der Waals surface area contributed by atoms with Crippen LogP contribution in [0.25, 0.3) is 0 Å². The summed E-state index contributed by atoms with van der Waals surface area (Å²) >= 11 is 0. The highest BCUT2D eigenvalue weighted by Crippen LogP contribution is 2.34. The van der Waals surface area contributed by atoms with Crippen molar-refractivity contribution in [3.8, 4) is 5.75 Å². The number of aryl methyl sites for hydroxylation is 2. The molecule has 2 heterocycles. The average molecular weight is 446 g/mol. The maximum Gasteiger partial charge on any atom is 0.330 e. The Morgan fingerprint density at radius 1 is 1.09 bits per heavy atom. The van der Waals surface area contributed by atoms with Gasteiger partial charge in [0.25, 0.3) is 5.56 Å². The van der Waals surface area contributed by atoms with E-state index >= 15 is 0 Å². The van der Waals surface area contributed by atoms with E-state index in [1.54, 1.807) is 19.1 Å². The maximum atomic E-state index is 12.6. The van der Waals surface area contributed by atoms with Crippen molar-refractivity contribution in [1.82, 2.24) is 9.55 Å². The molecule has 0 bridgehead atoms. The number of benzene rings is 1. The van der Waals surface area contributed by atoms with Crippen LogP contribution in [-0.2, 0) is 30.2 Å². The van der Waals surface area contributed by atoms with Crippen molar-refractivity contribution in [3.05, 3.63) is 62.4 Å². The molecule has 1 aromatic carbocycles. The first-order chi connectivity index (χ1) is 15.2. The number of rotatable bonds is 7. The normalized spacial score (nSPS) is 22.4. The molecule has 0 radical (unpaired) electrons. The molecule has 1 fully saturated rings. The van der Waals surface area contributed by atoms with Gasteiger partial charge in [-0.1, -0.05) is 24.6 Å². The second-order valence-corrected chi connectivity index (χ2v) is 7.51. The smallest absolute Gasteiger partial charge is 0.330 e. The molecule has 1 aliphatic heterocycles. The summed E-state index contributed by atoms with van der Waals surface area (Å²) in [6.07, 6.45) is -2.15. The standard InChI is InChI=1S/C22H26N2O8/c1-5-15-10-24(22(28)23-20(15)27)21-19(30-14(4)26)18(17(32-21)11-29-13(3)25)31-16-8-6-12(2)7-9-16/h6-10,17-19,21H,5,11H2,1-4H3,(H,23,27,28)/t17-,18+,19-,21-/m1/s1. The van der Waals surface area contributed by atoms with Crippen molar-refractivity contribution in [2.24, 2.45) is 0 Å². The van der Waals surface area contributed by atoms with Crippen molar-refractivity contribution in [2.75, 3.05) is 6.61 Å². The maximum absolute atomic E-state index is 12.6. The molecule has 0 amide bonds. The number of carbonyl (C=O) groups is 2. The van der Waals surface area contributed by atoms with Crippen LogP contribution in [0.2, 0.25) is 0 Å². The third-order valence-corrected chi connectivity index (χ3v) is 5.03. The van der Waals surface area contributed by atoms with Crippen molar-refractivity contribution in [3.63, 3.8) is 0 Å². The molecule has 1 aliphatic rings. The minimum Gasteiger partial charge on any atom is -0.483 e. The Labute approximate surface area is 184 Å². The number of aromatic amines is 1. The molecular formula is C22H26N2O8. The quantitative estimate of drug-likeness (QED) is 0.630. The van der Waals surface area contributed by atoms with Gasteiger partial charge in [-0.3, -0.25) is 23.9 Å². The van der Waals surface area contributed by atoms with Gasteiger partial charge < -0.3 is 18.9 Å². The van der Waals surface area contributed by atoms with E-state index in [-0.39, 0.29) is 6.61 Å². The SMILES string of the molecule is CCc1cn([C@@H]2O[C@H](COC(C)=O)[C@H](Oc3ccc(C)cc3)[C@H]2OC(C)=O)c(=O)[nH]c1=O. The molecular weight excluding hydrogens is 420 g/mol. The molecule has 172 valence electrons. The van der Waals surface area contributed by atoms with E-state index in [1.807, 2.05) is 19.1 Å². The summed E-state index contributed by atoms with van der Waals surface area (Å²) in [5.41, 5.74) is 0.156. The lowest BCUT2D eigenvalue weighted by atomic mass is 10.1. The largest absolute Gasteiger partial charge is 0.483 e. The third kappa shape index (κ3) is 5.25. The number of nitrogens with one attached hydrogen (secondary N) is 1. The molecule has 0 unspecified atom stereocenters. The number of aromatic nitrogens is 2. The van der Waals surface area contributed by atoms with E-state index in [2.05, 4.69) is 4.98 Å². The molecule has 32 heavy (non-hydrogen) atoms. The molecule has 1 saturated heterocycles. The van der Waals surface area contributed by atoms with Crippen molar-refractivity contribution in [2.45, 2.75) is 58.7 Å². The van der Waals surface area contributed by atoms with E-state index in [9.17, 15) is 19.2 Å². The van der Waals surface area contributed by atoms with Crippen LogP contribution in [-0.4, -0.2) is 46.4 Å².